The molecule has 3 aromatic carbocycles. The van der Waals surface area contributed by atoms with Gasteiger partial charge in [0.25, 0.3) is 0 Å². The van der Waals surface area contributed by atoms with Gasteiger partial charge in [0, 0.05) is 0 Å². The second kappa shape index (κ2) is 6.73. The summed E-state index contributed by atoms with van der Waals surface area (Å²) in [6.07, 6.45) is -1.40. The molecule has 4 heteroatoms. The highest BCUT2D eigenvalue weighted by atomic mass is 19.1. The van der Waals surface area contributed by atoms with Crippen molar-refractivity contribution in [2.24, 2.45) is 0 Å². The van der Waals surface area contributed by atoms with Crippen LogP contribution in [0.2, 0.25) is 0 Å². The van der Waals surface area contributed by atoms with Crippen molar-refractivity contribution >= 4 is 5.91 Å². The summed E-state index contributed by atoms with van der Waals surface area (Å²) in [6, 6.07) is 28.6. The maximum absolute atomic E-state index is 14.1. The summed E-state index contributed by atoms with van der Waals surface area (Å²) in [5.74, 6) is -0.329. The van der Waals surface area contributed by atoms with Gasteiger partial charge in [-0.25, -0.2) is 4.39 Å². The average molecular weight is 346 g/mol. The minimum Gasteiger partial charge on any atom is -0.323 e. The molecule has 0 saturated carbocycles. The number of benzene rings is 3. The fourth-order valence-corrected chi connectivity index (χ4v) is 3.53. The monoisotopic (exact) mass is 346 g/mol. The molecule has 1 aliphatic heterocycles. The first-order valence-corrected chi connectivity index (χ1v) is 8.60. The minimum absolute atomic E-state index is 0.329. The second-order valence-electron chi connectivity index (χ2n) is 6.38. The Balaban J connectivity index is 1.95. The Labute approximate surface area is 151 Å². The van der Waals surface area contributed by atoms with E-state index in [1.807, 2.05) is 91.0 Å². The Morgan fingerprint density at radius 3 is 1.42 bits per heavy atom. The van der Waals surface area contributed by atoms with Crippen LogP contribution in [0.4, 0.5) is 4.39 Å². The summed E-state index contributed by atoms with van der Waals surface area (Å²) in [6.45, 7) is 0. The highest BCUT2D eigenvalue weighted by Gasteiger charge is 2.47. The molecule has 26 heavy (non-hydrogen) atoms. The molecule has 3 aromatic rings. The predicted molar refractivity (Wildman–Crippen MR) is 99.2 cm³/mol. The molecule has 0 radical (unpaired) electrons. The first-order chi connectivity index (χ1) is 12.7. The zero-order valence-electron chi connectivity index (χ0n) is 14.1. The normalized spacial score (nSPS) is 19.5. The lowest BCUT2D eigenvalue weighted by Crippen LogP contribution is -2.70. The number of hydrogen-bond acceptors (Lipinski definition) is 2. The van der Waals surface area contributed by atoms with Crippen molar-refractivity contribution in [3.8, 4) is 0 Å². The zero-order chi connectivity index (χ0) is 18.0. The van der Waals surface area contributed by atoms with Crippen LogP contribution in [-0.4, -0.2) is 18.2 Å². The van der Waals surface area contributed by atoms with Crippen LogP contribution in [0.5, 0.6) is 0 Å². The highest BCUT2D eigenvalue weighted by molar-refractivity contribution is 5.89. The third-order valence-corrected chi connectivity index (χ3v) is 4.85. The molecule has 130 valence electrons. The van der Waals surface area contributed by atoms with Gasteiger partial charge >= 0.3 is 0 Å². The van der Waals surface area contributed by atoms with E-state index in [-0.39, 0.29) is 5.91 Å². The molecule has 1 aliphatic rings. The lowest BCUT2D eigenvalue weighted by Gasteiger charge is -2.43. The van der Waals surface area contributed by atoms with Crippen LogP contribution < -0.4 is 10.6 Å². The van der Waals surface area contributed by atoms with Gasteiger partial charge in [-0.3, -0.25) is 10.1 Å². The van der Waals surface area contributed by atoms with Crippen LogP contribution in [0.3, 0.4) is 0 Å². The summed E-state index contributed by atoms with van der Waals surface area (Å²) in [5.41, 5.74) is 2.01. The molecule has 4 rings (SSSR count). The molecule has 0 aliphatic carbocycles. The van der Waals surface area contributed by atoms with Gasteiger partial charge in [-0.05, 0) is 16.7 Å². The van der Waals surface area contributed by atoms with E-state index in [2.05, 4.69) is 10.6 Å². The summed E-state index contributed by atoms with van der Waals surface area (Å²) in [7, 11) is 0. The summed E-state index contributed by atoms with van der Waals surface area (Å²) in [5, 5.41) is 5.59. The topological polar surface area (TPSA) is 41.1 Å². The third-order valence-electron chi connectivity index (χ3n) is 4.85. The second-order valence-corrected chi connectivity index (χ2v) is 6.38. The van der Waals surface area contributed by atoms with Crippen molar-refractivity contribution in [3.05, 3.63) is 108 Å². The maximum Gasteiger partial charge on any atom is 0.244 e. The summed E-state index contributed by atoms with van der Waals surface area (Å²) >= 11 is 0. The van der Waals surface area contributed by atoms with Crippen LogP contribution in [0.25, 0.3) is 0 Å². The number of halogens is 1. The third kappa shape index (κ3) is 2.68. The van der Waals surface area contributed by atoms with E-state index in [1.54, 1.807) is 0 Å². The fraction of sp³-hybridized carbons (Fsp3) is 0.136. The smallest absolute Gasteiger partial charge is 0.244 e. The van der Waals surface area contributed by atoms with Gasteiger partial charge in [-0.1, -0.05) is 91.0 Å². The van der Waals surface area contributed by atoms with Crippen molar-refractivity contribution in [1.29, 1.82) is 0 Å². The molecule has 1 unspecified atom stereocenters. The fourth-order valence-electron chi connectivity index (χ4n) is 3.53. The van der Waals surface area contributed by atoms with Crippen LogP contribution in [0.15, 0.2) is 91.0 Å². The Morgan fingerprint density at radius 1 is 0.731 bits per heavy atom. The Morgan fingerprint density at radius 2 is 1.12 bits per heavy atom. The highest BCUT2D eigenvalue weighted by Crippen LogP contribution is 2.38. The van der Waals surface area contributed by atoms with Crippen molar-refractivity contribution in [2.75, 3.05) is 0 Å². The van der Waals surface area contributed by atoms with Gasteiger partial charge in [0.2, 0.25) is 5.91 Å². The first kappa shape index (κ1) is 16.5. The summed E-state index contributed by atoms with van der Waals surface area (Å²) in [4.78, 5) is 12.0. The van der Waals surface area contributed by atoms with E-state index < -0.39 is 17.9 Å². The van der Waals surface area contributed by atoms with Gasteiger partial charge in [-0.15, -0.1) is 0 Å². The number of amides is 1. The minimum atomic E-state index is -1.40. The molecule has 0 aromatic heterocycles. The molecular weight excluding hydrogens is 327 g/mol. The van der Waals surface area contributed by atoms with Crippen molar-refractivity contribution < 1.29 is 9.18 Å². The first-order valence-electron chi connectivity index (χ1n) is 8.60. The van der Waals surface area contributed by atoms with Crippen LogP contribution in [0, 0.1) is 0 Å². The quantitative estimate of drug-likeness (QED) is 0.423. The molecule has 1 heterocycles. The number of hydrogen-bond donors (Lipinski definition) is 2. The number of β-lactam (4-membered cyclic amide) rings is 1. The molecule has 2 N–H and O–H groups in total. The average Bonchev–Trinajstić information content (AvgIpc) is 2.71. The number of carbonyl (C=O) groups is 1. The maximum atomic E-state index is 14.1. The van der Waals surface area contributed by atoms with E-state index in [4.69, 9.17) is 0 Å². The zero-order valence-corrected chi connectivity index (χ0v) is 14.1. The predicted octanol–water partition coefficient (Wildman–Crippen LogP) is 3.36. The molecule has 1 saturated heterocycles. The van der Waals surface area contributed by atoms with E-state index in [0.717, 1.165) is 16.7 Å². The van der Waals surface area contributed by atoms with E-state index in [1.165, 1.54) is 0 Å². The lowest BCUT2D eigenvalue weighted by molar-refractivity contribution is -0.137. The molecule has 0 spiro atoms. The summed E-state index contributed by atoms with van der Waals surface area (Å²) < 4.78 is 14.1. The van der Waals surface area contributed by atoms with Gasteiger partial charge < -0.3 is 5.32 Å². The standard InChI is InChI=1S/C22H19FN2O/c23-20-19(21(26)24-20)25-22(16-10-4-1-5-11-16,17-12-6-2-7-13-17)18-14-8-3-9-15-18/h1-15,19-20,25H,(H,24,26)/t19-,20?/m0/s1. The molecule has 1 fully saturated rings. The molecule has 2 atom stereocenters. The Bertz CT molecular complexity index is 787. The van der Waals surface area contributed by atoms with E-state index in [9.17, 15) is 9.18 Å². The van der Waals surface area contributed by atoms with Crippen LogP contribution >= 0.6 is 0 Å². The molecular formula is C22H19FN2O. The van der Waals surface area contributed by atoms with Crippen molar-refractivity contribution in [3.63, 3.8) is 0 Å². The number of alkyl halides is 1. The largest absolute Gasteiger partial charge is 0.323 e. The van der Waals surface area contributed by atoms with Crippen LogP contribution in [-0.2, 0) is 10.3 Å². The number of carbonyl (C=O) groups excluding carboxylic acids is 1. The SMILES string of the molecule is O=C1NC(F)[C@@H]1NC(c1ccccc1)(c1ccccc1)c1ccccc1. The van der Waals surface area contributed by atoms with E-state index >= 15 is 0 Å². The van der Waals surface area contributed by atoms with Gasteiger partial charge in [0.1, 0.15) is 6.04 Å². The number of rotatable bonds is 5. The lowest BCUT2D eigenvalue weighted by atomic mass is 9.76. The number of nitrogens with one attached hydrogen (secondary N) is 2. The van der Waals surface area contributed by atoms with Crippen molar-refractivity contribution in [2.45, 2.75) is 17.9 Å². The molecule has 0 bridgehead atoms. The molecule has 1 amide bonds. The van der Waals surface area contributed by atoms with Gasteiger partial charge in [-0.2, -0.15) is 0 Å². The Kier molecular flexibility index (Phi) is 4.27. The van der Waals surface area contributed by atoms with Gasteiger partial charge in [0.15, 0.2) is 6.30 Å². The van der Waals surface area contributed by atoms with E-state index in [0.29, 0.717) is 0 Å². The molecule has 3 nitrogen and oxygen atoms in total. The van der Waals surface area contributed by atoms with Crippen molar-refractivity contribution in [1.82, 2.24) is 10.6 Å². The Hall–Kier alpha value is -2.98. The van der Waals surface area contributed by atoms with Crippen LogP contribution in [0.1, 0.15) is 16.7 Å². The van der Waals surface area contributed by atoms with Gasteiger partial charge in [0.05, 0.1) is 5.54 Å².